The fourth-order valence-electron chi connectivity index (χ4n) is 4.26. The summed E-state index contributed by atoms with van der Waals surface area (Å²) in [6, 6.07) is 15.7. The molecule has 1 saturated carbocycles. The standard InChI is InChI=1S/C25H27N5O2/c1-16-5-11-21(12-6-16)30-24(19-7-8-19)23(27-28-30)25(32)26-17(2)18-9-13-20(14-10-18)29-15-3-4-22(29)31/h5-6,9-14,17,19H,3-4,7-8,15H2,1-2H3,(H,26,32). The zero-order valence-corrected chi connectivity index (χ0v) is 18.4. The SMILES string of the molecule is Cc1ccc(-n2nnc(C(=O)NC(C)c3ccc(N4CCCC4=O)cc3)c2C2CC2)cc1. The van der Waals surface area contributed by atoms with Crippen LogP contribution in [0, 0.1) is 6.92 Å². The largest absolute Gasteiger partial charge is 0.344 e. The Hall–Kier alpha value is -3.48. The maximum Gasteiger partial charge on any atom is 0.274 e. The lowest BCUT2D eigenvalue weighted by Crippen LogP contribution is -2.28. The lowest BCUT2D eigenvalue weighted by atomic mass is 10.1. The van der Waals surface area contributed by atoms with E-state index in [1.165, 1.54) is 5.56 Å². The van der Waals surface area contributed by atoms with Crippen LogP contribution in [0.4, 0.5) is 5.69 Å². The first-order valence-corrected chi connectivity index (χ1v) is 11.2. The number of carbonyl (C=O) groups is 2. The van der Waals surface area contributed by atoms with Crippen molar-refractivity contribution in [2.75, 3.05) is 11.4 Å². The van der Waals surface area contributed by atoms with Crippen molar-refractivity contribution in [1.82, 2.24) is 20.3 Å². The molecule has 1 aliphatic carbocycles. The highest BCUT2D eigenvalue weighted by Crippen LogP contribution is 2.42. The van der Waals surface area contributed by atoms with Gasteiger partial charge in [-0.1, -0.05) is 35.0 Å². The molecular formula is C25H27N5O2. The first kappa shape index (κ1) is 20.4. The van der Waals surface area contributed by atoms with Gasteiger partial charge in [0.2, 0.25) is 5.91 Å². The van der Waals surface area contributed by atoms with E-state index in [2.05, 4.69) is 15.6 Å². The van der Waals surface area contributed by atoms with Crippen molar-refractivity contribution >= 4 is 17.5 Å². The topological polar surface area (TPSA) is 80.1 Å². The highest BCUT2D eigenvalue weighted by molar-refractivity contribution is 5.95. The van der Waals surface area contributed by atoms with E-state index in [-0.39, 0.29) is 17.9 Å². The summed E-state index contributed by atoms with van der Waals surface area (Å²) in [5.74, 6) is 0.277. The van der Waals surface area contributed by atoms with E-state index in [4.69, 9.17) is 0 Å². The molecule has 7 nitrogen and oxygen atoms in total. The second-order valence-electron chi connectivity index (χ2n) is 8.78. The van der Waals surface area contributed by atoms with Crippen LogP contribution in [0.5, 0.6) is 0 Å². The van der Waals surface area contributed by atoms with Gasteiger partial charge in [0.25, 0.3) is 5.91 Å². The normalized spacial score (nSPS) is 16.9. The first-order chi connectivity index (χ1) is 15.5. The summed E-state index contributed by atoms with van der Waals surface area (Å²) in [6.07, 6.45) is 3.61. The second kappa shape index (κ2) is 8.22. The number of amides is 2. The van der Waals surface area contributed by atoms with E-state index in [1.54, 1.807) is 4.68 Å². The molecule has 0 bridgehead atoms. The third kappa shape index (κ3) is 3.90. The van der Waals surface area contributed by atoms with Crippen LogP contribution >= 0.6 is 0 Å². The Labute approximate surface area is 187 Å². The summed E-state index contributed by atoms with van der Waals surface area (Å²) < 4.78 is 1.80. The summed E-state index contributed by atoms with van der Waals surface area (Å²) in [5.41, 5.74) is 5.28. The molecule has 32 heavy (non-hydrogen) atoms. The number of rotatable bonds is 6. The van der Waals surface area contributed by atoms with Crippen molar-refractivity contribution in [2.24, 2.45) is 0 Å². The van der Waals surface area contributed by atoms with Gasteiger partial charge in [-0.05, 0) is 62.9 Å². The van der Waals surface area contributed by atoms with Crippen LogP contribution in [-0.2, 0) is 4.79 Å². The molecule has 1 atom stereocenters. The number of hydrogen-bond acceptors (Lipinski definition) is 4. The van der Waals surface area contributed by atoms with Crippen molar-refractivity contribution in [2.45, 2.75) is 51.5 Å². The summed E-state index contributed by atoms with van der Waals surface area (Å²) in [5, 5.41) is 11.6. The highest BCUT2D eigenvalue weighted by atomic mass is 16.2. The number of nitrogens with zero attached hydrogens (tertiary/aromatic N) is 4. The molecule has 1 aromatic heterocycles. The molecule has 1 unspecified atom stereocenters. The molecule has 1 aliphatic heterocycles. The molecule has 1 saturated heterocycles. The van der Waals surface area contributed by atoms with Crippen LogP contribution in [0.25, 0.3) is 5.69 Å². The van der Waals surface area contributed by atoms with Crippen molar-refractivity contribution < 1.29 is 9.59 Å². The van der Waals surface area contributed by atoms with Crippen molar-refractivity contribution in [3.05, 3.63) is 71.0 Å². The number of aryl methyl sites for hydroxylation is 1. The molecule has 5 rings (SSSR count). The number of benzene rings is 2. The summed E-state index contributed by atoms with van der Waals surface area (Å²) in [6.45, 7) is 4.77. The van der Waals surface area contributed by atoms with Crippen molar-refractivity contribution in [1.29, 1.82) is 0 Å². The lowest BCUT2D eigenvalue weighted by molar-refractivity contribution is -0.117. The Kier molecular flexibility index (Phi) is 5.25. The molecule has 3 aromatic rings. The third-order valence-electron chi connectivity index (χ3n) is 6.29. The Morgan fingerprint density at radius 3 is 2.38 bits per heavy atom. The Morgan fingerprint density at radius 1 is 1.06 bits per heavy atom. The van der Waals surface area contributed by atoms with E-state index in [1.807, 2.05) is 67.3 Å². The third-order valence-corrected chi connectivity index (χ3v) is 6.29. The number of aromatic nitrogens is 3. The minimum absolute atomic E-state index is 0.170. The molecule has 2 fully saturated rings. The van der Waals surface area contributed by atoms with E-state index < -0.39 is 0 Å². The number of anilines is 1. The molecule has 7 heteroatoms. The molecule has 0 radical (unpaired) electrons. The summed E-state index contributed by atoms with van der Waals surface area (Å²) in [4.78, 5) is 26.9. The Bertz CT molecular complexity index is 1150. The first-order valence-electron chi connectivity index (χ1n) is 11.2. The van der Waals surface area contributed by atoms with Gasteiger partial charge in [0, 0.05) is 24.6 Å². The van der Waals surface area contributed by atoms with Gasteiger partial charge in [-0.3, -0.25) is 9.59 Å². The predicted molar refractivity (Wildman–Crippen MR) is 122 cm³/mol. The van der Waals surface area contributed by atoms with Crippen molar-refractivity contribution in [3.8, 4) is 5.69 Å². The van der Waals surface area contributed by atoms with Crippen molar-refractivity contribution in [3.63, 3.8) is 0 Å². The molecule has 2 aromatic carbocycles. The van der Waals surface area contributed by atoms with E-state index in [0.717, 1.165) is 48.4 Å². The molecule has 2 heterocycles. The van der Waals surface area contributed by atoms with Gasteiger partial charge in [0.05, 0.1) is 17.4 Å². The van der Waals surface area contributed by atoms with Gasteiger partial charge in [-0.2, -0.15) is 0 Å². The maximum absolute atomic E-state index is 13.1. The van der Waals surface area contributed by atoms with Gasteiger partial charge in [-0.25, -0.2) is 4.68 Å². The number of carbonyl (C=O) groups excluding carboxylic acids is 2. The fraction of sp³-hybridized carbons (Fsp3) is 0.360. The minimum Gasteiger partial charge on any atom is -0.344 e. The van der Waals surface area contributed by atoms with Crippen LogP contribution in [0.1, 0.15) is 71.9 Å². The summed E-state index contributed by atoms with van der Waals surface area (Å²) in [7, 11) is 0. The maximum atomic E-state index is 13.1. The Balaban J connectivity index is 1.33. The van der Waals surface area contributed by atoms with Gasteiger partial charge < -0.3 is 10.2 Å². The van der Waals surface area contributed by atoms with Crippen LogP contribution in [0.15, 0.2) is 48.5 Å². The molecule has 0 spiro atoms. The number of hydrogen-bond donors (Lipinski definition) is 1. The molecule has 2 aliphatic rings. The van der Waals surface area contributed by atoms with Gasteiger partial charge in [-0.15, -0.1) is 5.10 Å². The average molecular weight is 430 g/mol. The van der Waals surface area contributed by atoms with E-state index in [0.29, 0.717) is 18.0 Å². The highest BCUT2D eigenvalue weighted by Gasteiger charge is 2.34. The molecular weight excluding hydrogens is 402 g/mol. The van der Waals surface area contributed by atoms with Crippen LogP contribution in [0.2, 0.25) is 0 Å². The zero-order valence-electron chi connectivity index (χ0n) is 18.4. The van der Waals surface area contributed by atoms with E-state index >= 15 is 0 Å². The zero-order chi connectivity index (χ0) is 22.2. The van der Waals surface area contributed by atoms with Crippen LogP contribution in [-0.4, -0.2) is 33.4 Å². The van der Waals surface area contributed by atoms with Gasteiger partial charge in [0.15, 0.2) is 5.69 Å². The lowest BCUT2D eigenvalue weighted by Gasteiger charge is -2.18. The molecule has 164 valence electrons. The fourth-order valence-corrected chi connectivity index (χ4v) is 4.26. The molecule has 2 amide bonds. The van der Waals surface area contributed by atoms with Gasteiger partial charge in [0.1, 0.15) is 0 Å². The Morgan fingerprint density at radius 2 is 1.75 bits per heavy atom. The summed E-state index contributed by atoms with van der Waals surface area (Å²) >= 11 is 0. The number of nitrogens with one attached hydrogen (secondary N) is 1. The second-order valence-corrected chi connectivity index (χ2v) is 8.78. The minimum atomic E-state index is -0.212. The predicted octanol–water partition coefficient (Wildman–Crippen LogP) is 4.07. The molecule has 1 N–H and O–H groups in total. The van der Waals surface area contributed by atoms with E-state index in [9.17, 15) is 9.59 Å². The smallest absolute Gasteiger partial charge is 0.274 e. The van der Waals surface area contributed by atoms with Gasteiger partial charge >= 0.3 is 0 Å². The van der Waals surface area contributed by atoms with Crippen LogP contribution in [0.3, 0.4) is 0 Å². The van der Waals surface area contributed by atoms with Crippen LogP contribution < -0.4 is 10.2 Å². The quantitative estimate of drug-likeness (QED) is 0.641. The monoisotopic (exact) mass is 429 g/mol. The average Bonchev–Trinajstić information content (AvgIpc) is 3.39.